The molecular weight excluding hydrogens is 407 g/mol. The molecule has 0 N–H and O–H groups in total. The normalized spacial score (nSPS) is 14.6. The smallest absolute Gasteiger partial charge is 0.378 e. The Morgan fingerprint density at radius 1 is 1.10 bits per heavy atom. The summed E-state index contributed by atoms with van der Waals surface area (Å²) in [5, 5.41) is 0.715. The zero-order valence-corrected chi connectivity index (χ0v) is 17.0. The molecule has 31 heavy (non-hydrogen) atoms. The summed E-state index contributed by atoms with van der Waals surface area (Å²) in [5.41, 5.74) is 0.576. The van der Waals surface area contributed by atoms with Gasteiger partial charge in [0.25, 0.3) is 5.91 Å². The second-order valence-corrected chi connectivity index (χ2v) is 7.46. The highest BCUT2D eigenvalue weighted by molar-refractivity contribution is 6.07. The Labute approximate surface area is 178 Å². The van der Waals surface area contributed by atoms with Crippen molar-refractivity contribution in [2.45, 2.75) is 12.7 Å². The van der Waals surface area contributed by atoms with Gasteiger partial charge in [-0.25, -0.2) is 4.98 Å². The van der Waals surface area contributed by atoms with Crippen LogP contribution in [0.2, 0.25) is 0 Å². The minimum absolute atomic E-state index is 0.00616. The van der Waals surface area contributed by atoms with Gasteiger partial charge < -0.3 is 14.5 Å². The molecule has 2 heterocycles. The Kier molecular flexibility index (Phi) is 5.82. The number of anilines is 1. The molecule has 1 saturated heterocycles. The molecule has 5 nitrogen and oxygen atoms in total. The number of fused-ring (bicyclic) bond motifs is 1. The number of alkyl halides is 3. The largest absolute Gasteiger partial charge is 0.416 e. The molecule has 0 unspecified atom stereocenters. The average molecular weight is 429 g/mol. The number of rotatable bonds is 4. The highest BCUT2D eigenvalue weighted by Gasteiger charge is 2.33. The third kappa shape index (κ3) is 4.49. The summed E-state index contributed by atoms with van der Waals surface area (Å²) in [6, 6.07) is 14.4. The van der Waals surface area contributed by atoms with Crippen LogP contribution in [0.25, 0.3) is 10.9 Å². The zero-order chi connectivity index (χ0) is 22.0. The maximum atomic E-state index is 13.4. The first-order valence-corrected chi connectivity index (χ1v) is 9.97. The number of benzene rings is 2. The second kappa shape index (κ2) is 8.55. The molecule has 2 aromatic carbocycles. The molecule has 0 bridgehead atoms. The number of nitrogens with zero attached hydrogens (tertiary/aromatic N) is 3. The van der Waals surface area contributed by atoms with E-state index in [1.54, 1.807) is 35.0 Å². The van der Waals surface area contributed by atoms with Crippen LogP contribution < -0.4 is 4.90 Å². The number of carbonyl (C=O) groups is 1. The summed E-state index contributed by atoms with van der Waals surface area (Å²) in [4.78, 5) is 21.2. The molecule has 162 valence electrons. The van der Waals surface area contributed by atoms with E-state index in [-0.39, 0.29) is 18.0 Å². The third-order valence-electron chi connectivity index (χ3n) is 5.35. The highest BCUT2D eigenvalue weighted by Crippen LogP contribution is 2.33. The number of hydrogen-bond donors (Lipinski definition) is 0. The number of halogens is 3. The SMILES string of the molecule is CN(Cc1ccccc1C(F)(F)F)c1cc(C(=O)N2CCOCC2)c2ccccc2n1. The molecule has 1 aliphatic heterocycles. The van der Waals surface area contributed by atoms with Crippen molar-refractivity contribution in [3.8, 4) is 0 Å². The Bertz CT molecular complexity index is 1090. The van der Waals surface area contributed by atoms with Crippen LogP contribution in [0.4, 0.5) is 19.0 Å². The Balaban J connectivity index is 1.71. The third-order valence-corrected chi connectivity index (χ3v) is 5.35. The van der Waals surface area contributed by atoms with E-state index in [0.29, 0.717) is 48.6 Å². The summed E-state index contributed by atoms with van der Waals surface area (Å²) in [6.07, 6.45) is -4.44. The Hall–Kier alpha value is -3.13. The van der Waals surface area contributed by atoms with Crippen LogP contribution >= 0.6 is 0 Å². The van der Waals surface area contributed by atoms with Crippen LogP contribution in [-0.2, 0) is 17.5 Å². The summed E-state index contributed by atoms with van der Waals surface area (Å²) in [5.74, 6) is 0.305. The first kappa shape index (κ1) is 21.1. The minimum atomic E-state index is -4.44. The maximum absolute atomic E-state index is 13.4. The van der Waals surface area contributed by atoms with Crippen molar-refractivity contribution in [1.29, 1.82) is 0 Å². The number of ether oxygens (including phenoxy) is 1. The fraction of sp³-hybridized carbons (Fsp3) is 0.304. The monoisotopic (exact) mass is 429 g/mol. The number of aromatic nitrogens is 1. The molecule has 8 heteroatoms. The van der Waals surface area contributed by atoms with Crippen LogP contribution in [0.15, 0.2) is 54.6 Å². The number of para-hydroxylation sites is 1. The van der Waals surface area contributed by atoms with E-state index in [2.05, 4.69) is 4.98 Å². The van der Waals surface area contributed by atoms with Crippen LogP contribution in [0, 0.1) is 0 Å². The molecule has 0 spiro atoms. The summed E-state index contributed by atoms with van der Waals surface area (Å²) >= 11 is 0. The lowest BCUT2D eigenvalue weighted by molar-refractivity contribution is -0.138. The molecule has 0 atom stereocenters. The molecule has 3 aromatic rings. The van der Waals surface area contributed by atoms with Crippen LogP contribution in [-0.4, -0.2) is 49.1 Å². The fourth-order valence-electron chi connectivity index (χ4n) is 3.74. The molecule has 0 radical (unpaired) electrons. The summed E-state index contributed by atoms with van der Waals surface area (Å²) < 4.78 is 45.5. The Morgan fingerprint density at radius 2 is 1.77 bits per heavy atom. The average Bonchev–Trinajstić information content (AvgIpc) is 2.78. The van der Waals surface area contributed by atoms with Crippen molar-refractivity contribution in [1.82, 2.24) is 9.88 Å². The van der Waals surface area contributed by atoms with Gasteiger partial charge in [-0.1, -0.05) is 36.4 Å². The van der Waals surface area contributed by atoms with E-state index >= 15 is 0 Å². The number of hydrogen-bond acceptors (Lipinski definition) is 4. The molecular formula is C23H22F3N3O2. The first-order valence-electron chi connectivity index (χ1n) is 9.97. The standard InChI is InChI=1S/C23H22F3N3O2/c1-28(15-16-6-2-4-8-19(16)23(24,25)26)21-14-18(17-7-3-5-9-20(17)27-21)22(30)29-10-12-31-13-11-29/h2-9,14H,10-13,15H2,1H3. The molecule has 1 amide bonds. The van der Waals surface area contributed by atoms with Gasteiger partial charge in [0, 0.05) is 32.1 Å². The molecule has 1 aromatic heterocycles. The van der Waals surface area contributed by atoms with Gasteiger partial charge in [-0.2, -0.15) is 13.2 Å². The lowest BCUT2D eigenvalue weighted by Gasteiger charge is -2.28. The number of amides is 1. The van der Waals surface area contributed by atoms with Gasteiger partial charge in [-0.3, -0.25) is 4.79 Å². The van der Waals surface area contributed by atoms with Crippen molar-refractivity contribution in [3.63, 3.8) is 0 Å². The predicted molar refractivity (Wildman–Crippen MR) is 112 cm³/mol. The lowest BCUT2D eigenvalue weighted by Crippen LogP contribution is -2.40. The summed E-state index contributed by atoms with van der Waals surface area (Å²) in [7, 11) is 1.67. The van der Waals surface area contributed by atoms with Crippen molar-refractivity contribution in [2.75, 3.05) is 38.3 Å². The van der Waals surface area contributed by atoms with E-state index in [0.717, 1.165) is 6.07 Å². The Morgan fingerprint density at radius 3 is 2.52 bits per heavy atom. The maximum Gasteiger partial charge on any atom is 0.416 e. The number of morpholine rings is 1. The van der Waals surface area contributed by atoms with E-state index in [1.807, 2.05) is 18.2 Å². The van der Waals surface area contributed by atoms with Gasteiger partial charge in [0.1, 0.15) is 5.82 Å². The van der Waals surface area contributed by atoms with Gasteiger partial charge in [0.2, 0.25) is 0 Å². The van der Waals surface area contributed by atoms with E-state index in [4.69, 9.17) is 4.74 Å². The van der Waals surface area contributed by atoms with Crippen LogP contribution in [0.5, 0.6) is 0 Å². The van der Waals surface area contributed by atoms with Crippen LogP contribution in [0.3, 0.4) is 0 Å². The van der Waals surface area contributed by atoms with Gasteiger partial charge in [-0.05, 0) is 23.8 Å². The van der Waals surface area contributed by atoms with Gasteiger partial charge in [0.05, 0.1) is 29.9 Å². The van der Waals surface area contributed by atoms with Crippen molar-refractivity contribution in [2.24, 2.45) is 0 Å². The van der Waals surface area contributed by atoms with Gasteiger partial charge in [0.15, 0.2) is 0 Å². The van der Waals surface area contributed by atoms with Crippen molar-refractivity contribution in [3.05, 3.63) is 71.3 Å². The lowest BCUT2D eigenvalue weighted by atomic mass is 10.1. The molecule has 1 aliphatic rings. The van der Waals surface area contributed by atoms with Gasteiger partial charge in [-0.15, -0.1) is 0 Å². The first-order chi connectivity index (χ1) is 14.8. The summed E-state index contributed by atoms with van der Waals surface area (Å²) in [6.45, 7) is 1.97. The predicted octanol–water partition coefficient (Wildman–Crippen LogP) is 4.36. The van der Waals surface area contributed by atoms with Crippen molar-refractivity contribution < 1.29 is 22.7 Å². The van der Waals surface area contributed by atoms with E-state index in [9.17, 15) is 18.0 Å². The topological polar surface area (TPSA) is 45.7 Å². The highest BCUT2D eigenvalue weighted by atomic mass is 19.4. The minimum Gasteiger partial charge on any atom is -0.378 e. The van der Waals surface area contributed by atoms with E-state index < -0.39 is 11.7 Å². The number of carbonyl (C=O) groups excluding carboxylic acids is 1. The van der Waals surface area contributed by atoms with Crippen molar-refractivity contribution >= 4 is 22.6 Å². The molecule has 1 fully saturated rings. The number of pyridine rings is 1. The zero-order valence-electron chi connectivity index (χ0n) is 17.0. The van der Waals surface area contributed by atoms with Gasteiger partial charge >= 0.3 is 6.18 Å². The van der Waals surface area contributed by atoms with Crippen LogP contribution in [0.1, 0.15) is 21.5 Å². The quantitative estimate of drug-likeness (QED) is 0.618. The molecule has 4 rings (SSSR count). The fourth-order valence-corrected chi connectivity index (χ4v) is 3.74. The molecule has 0 aliphatic carbocycles. The second-order valence-electron chi connectivity index (χ2n) is 7.46. The van der Waals surface area contributed by atoms with E-state index in [1.165, 1.54) is 12.1 Å². The molecule has 0 saturated carbocycles.